The summed E-state index contributed by atoms with van der Waals surface area (Å²) in [6.45, 7) is 1.02. The number of carbonyl (C=O) groups is 1. The van der Waals surface area contributed by atoms with E-state index in [-0.39, 0.29) is 5.91 Å². The van der Waals surface area contributed by atoms with Gasteiger partial charge in [-0.25, -0.2) is 15.0 Å². The number of benzene rings is 1. The van der Waals surface area contributed by atoms with Gasteiger partial charge in [0.15, 0.2) is 5.65 Å². The fraction of sp³-hybridized carbons (Fsp3) is 0.250. The molecule has 118 valence electrons. The van der Waals surface area contributed by atoms with E-state index < -0.39 is 0 Å². The molecule has 0 atom stereocenters. The van der Waals surface area contributed by atoms with Crippen LogP contribution in [0.2, 0.25) is 0 Å². The lowest BCUT2D eigenvalue weighted by molar-refractivity contribution is 0.0744. The molecular formula is C16H17N5O2. The number of nitrogens with zero attached hydrogens (tertiary/aromatic N) is 5. The zero-order chi connectivity index (χ0) is 16.2. The number of para-hydroxylation sites is 1. The van der Waals surface area contributed by atoms with E-state index >= 15 is 0 Å². The van der Waals surface area contributed by atoms with Crippen LogP contribution in [0.1, 0.15) is 10.4 Å². The molecular weight excluding hydrogens is 294 g/mol. The van der Waals surface area contributed by atoms with Gasteiger partial charge in [-0.05, 0) is 12.1 Å². The number of methoxy groups -OCH3 is 1. The molecule has 0 radical (unpaired) electrons. The molecule has 1 amide bonds. The number of carbonyl (C=O) groups excluding carboxylic acids is 1. The first-order valence-electron chi connectivity index (χ1n) is 7.19. The maximum atomic E-state index is 12.7. The van der Waals surface area contributed by atoms with Crippen molar-refractivity contribution in [3.05, 3.63) is 48.7 Å². The van der Waals surface area contributed by atoms with E-state index in [0.717, 1.165) is 5.69 Å². The van der Waals surface area contributed by atoms with Crippen LogP contribution in [0.5, 0.6) is 0 Å². The molecule has 0 aliphatic heterocycles. The Morgan fingerprint density at radius 3 is 2.96 bits per heavy atom. The number of hydrogen-bond donors (Lipinski definition) is 0. The van der Waals surface area contributed by atoms with E-state index in [2.05, 4.69) is 15.0 Å². The molecule has 2 aromatic heterocycles. The van der Waals surface area contributed by atoms with Gasteiger partial charge in [0.2, 0.25) is 0 Å². The van der Waals surface area contributed by atoms with Crippen LogP contribution in [0.3, 0.4) is 0 Å². The van der Waals surface area contributed by atoms with Crippen molar-refractivity contribution >= 4 is 17.1 Å². The summed E-state index contributed by atoms with van der Waals surface area (Å²) in [4.78, 5) is 26.8. The Morgan fingerprint density at radius 2 is 2.13 bits per heavy atom. The van der Waals surface area contributed by atoms with Crippen LogP contribution in [0.25, 0.3) is 16.9 Å². The molecule has 0 N–H and O–H groups in total. The third-order valence-electron chi connectivity index (χ3n) is 3.58. The van der Waals surface area contributed by atoms with Crippen molar-refractivity contribution in [1.29, 1.82) is 0 Å². The normalized spacial score (nSPS) is 10.9. The monoisotopic (exact) mass is 311 g/mol. The van der Waals surface area contributed by atoms with Crippen molar-refractivity contribution in [1.82, 2.24) is 24.4 Å². The standard InChI is InChI=1S/C16H17N5O2/c1-20(7-8-23-2)16(22)12-5-3-4-6-14(12)21-11-19-13-9-17-10-18-15(13)21/h3-6,9-11H,7-8H2,1-2H3. The van der Waals surface area contributed by atoms with Gasteiger partial charge in [-0.1, -0.05) is 12.1 Å². The summed E-state index contributed by atoms with van der Waals surface area (Å²) < 4.78 is 6.83. The summed E-state index contributed by atoms with van der Waals surface area (Å²) in [6, 6.07) is 7.40. The summed E-state index contributed by atoms with van der Waals surface area (Å²) in [6.07, 6.45) is 4.77. The second-order valence-corrected chi connectivity index (χ2v) is 5.08. The number of amides is 1. The van der Waals surface area contributed by atoms with Gasteiger partial charge in [0.05, 0.1) is 24.1 Å². The number of rotatable bonds is 5. The van der Waals surface area contributed by atoms with Crippen LogP contribution in [-0.2, 0) is 4.74 Å². The Labute approximate surface area is 133 Å². The van der Waals surface area contributed by atoms with Gasteiger partial charge < -0.3 is 9.64 Å². The zero-order valence-corrected chi connectivity index (χ0v) is 13.0. The van der Waals surface area contributed by atoms with Crippen molar-refractivity contribution in [3.8, 4) is 5.69 Å². The number of imidazole rings is 1. The minimum Gasteiger partial charge on any atom is -0.383 e. The van der Waals surface area contributed by atoms with Crippen molar-refractivity contribution in [2.24, 2.45) is 0 Å². The summed E-state index contributed by atoms with van der Waals surface area (Å²) in [7, 11) is 3.37. The highest BCUT2D eigenvalue weighted by Gasteiger charge is 2.18. The lowest BCUT2D eigenvalue weighted by atomic mass is 10.1. The number of fused-ring (bicyclic) bond motifs is 1. The van der Waals surface area contributed by atoms with Crippen LogP contribution in [0.15, 0.2) is 43.1 Å². The molecule has 0 unspecified atom stereocenters. The maximum Gasteiger partial charge on any atom is 0.255 e. The third-order valence-corrected chi connectivity index (χ3v) is 3.58. The predicted octanol–water partition coefficient (Wildman–Crippen LogP) is 1.53. The van der Waals surface area contributed by atoms with Gasteiger partial charge in [0.1, 0.15) is 18.2 Å². The third kappa shape index (κ3) is 2.91. The molecule has 3 rings (SSSR count). The number of ether oxygens (including phenoxy) is 1. The van der Waals surface area contributed by atoms with Gasteiger partial charge in [-0.15, -0.1) is 0 Å². The highest BCUT2D eigenvalue weighted by Crippen LogP contribution is 2.20. The average molecular weight is 311 g/mol. The van der Waals surface area contributed by atoms with Gasteiger partial charge in [-0.2, -0.15) is 0 Å². The average Bonchev–Trinajstić information content (AvgIpc) is 3.03. The quantitative estimate of drug-likeness (QED) is 0.714. The smallest absolute Gasteiger partial charge is 0.255 e. The first-order chi connectivity index (χ1) is 11.2. The van der Waals surface area contributed by atoms with E-state index in [1.165, 1.54) is 6.33 Å². The van der Waals surface area contributed by atoms with Crippen molar-refractivity contribution in [2.75, 3.05) is 27.3 Å². The maximum absolute atomic E-state index is 12.7. The van der Waals surface area contributed by atoms with Crippen LogP contribution in [-0.4, -0.2) is 57.6 Å². The van der Waals surface area contributed by atoms with E-state index in [9.17, 15) is 4.79 Å². The molecule has 0 aliphatic rings. The first kappa shape index (κ1) is 15.1. The van der Waals surface area contributed by atoms with Crippen LogP contribution < -0.4 is 0 Å². The zero-order valence-electron chi connectivity index (χ0n) is 13.0. The summed E-state index contributed by atoms with van der Waals surface area (Å²) >= 11 is 0. The Bertz CT molecular complexity index is 830. The fourth-order valence-corrected chi connectivity index (χ4v) is 2.34. The molecule has 0 bridgehead atoms. The Morgan fingerprint density at radius 1 is 1.30 bits per heavy atom. The molecule has 0 fully saturated rings. The van der Waals surface area contributed by atoms with Crippen molar-refractivity contribution in [3.63, 3.8) is 0 Å². The molecule has 1 aromatic carbocycles. The van der Waals surface area contributed by atoms with Crippen LogP contribution in [0, 0.1) is 0 Å². The number of aromatic nitrogens is 4. The SMILES string of the molecule is COCCN(C)C(=O)c1ccccc1-n1cnc2cncnc21. The van der Waals surface area contributed by atoms with E-state index in [4.69, 9.17) is 4.74 Å². The number of likely N-dealkylation sites (N-methyl/N-ethyl adjacent to an activating group) is 1. The fourth-order valence-electron chi connectivity index (χ4n) is 2.34. The second-order valence-electron chi connectivity index (χ2n) is 5.08. The van der Waals surface area contributed by atoms with E-state index in [1.54, 1.807) is 42.2 Å². The topological polar surface area (TPSA) is 73.1 Å². The molecule has 7 nitrogen and oxygen atoms in total. The molecule has 3 aromatic rings. The molecule has 0 spiro atoms. The van der Waals surface area contributed by atoms with Gasteiger partial charge in [-0.3, -0.25) is 9.36 Å². The molecule has 2 heterocycles. The Hall–Kier alpha value is -2.80. The second kappa shape index (κ2) is 6.53. The van der Waals surface area contributed by atoms with E-state index in [0.29, 0.717) is 29.9 Å². The van der Waals surface area contributed by atoms with Crippen molar-refractivity contribution < 1.29 is 9.53 Å². The van der Waals surface area contributed by atoms with E-state index in [1.807, 2.05) is 18.2 Å². The number of hydrogen-bond acceptors (Lipinski definition) is 5. The van der Waals surface area contributed by atoms with Gasteiger partial charge in [0.25, 0.3) is 5.91 Å². The molecule has 0 aliphatic carbocycles. The lowest BCUT2D eigenvalue weighted by Crippen LogP contribution is -2.30. The largest absolute Gasteiger partial charge is 0.383 e. The molecule has 0 saturated heterocycles. The highest BCUT2D eigenvalue weighted by atomic mass is 16.5. The Balaban J connectivity index is 2.03. The van der Waals surface area contributed by atoms with Crippen molar-refractivity contribution in [2.45, 2.75) is 0 Å². The van der Waals surface area contributed by atoms with Crippen LogP contribution >= 0.6 is 0 Å². The minimum absolute atomic E-state index is 0.0754. The highest BCUT2D eigenvalue weighted by molar-refractivity contribution is 5.98. The molecule has 0 saturated carbocycles. The van der Waals surface area contributed by atoms with Gasteiger partial charge >= 0.3 is 0 Å². The molecule has 23 heavy (non-hydrogen) atoms. The lowest BCUT2D eigenvalue weighted by Gasteiger charge is -2.18. The minimum atomic E-state index is -0.0754. The van der Waals surface area contributed by atoms with Gasteiger partial charge in [0, 0.05) is 20.7 Å². The Kier molecular flexibility index (Phi) is 4.29. The summed E-state index contributed by atoms with van der Waals surface area (Å²) in [5.74, 6) is -0.0754. The van der Waals surface area contributed by atoms with Crippen LogP contribution in [0.4, 0.5) is 0 Å². The predicted molar refractivity (Wildman–Crippen MR) is 85.5 cm³/mol. The summed E-state index contributed by atoms with van der Waals surface area (Å²) in [5, 5.41) is 0. The summed E-state index contributed by atoms with van der Waals surface area (Å²) in [5.41, 5.74) is 2.68. The first-order valence-corrected chi connectivity index (χ1v) is 7.19. The molecule has 7 heteroatoms.